The minimum Gasteiger partial charge on any atom is -0.364 e. The molecule has 2 aromatic heterocycles. The van der Waals surface area contributed by atoms with Crippen LogP contribution in [0.5, 0.6) is 0 Å². The van der Waals surface area contributed by atoms with Crippen LogP contribution < -0.4 is 5.32 Å². The molecule has 0 atom stereocenters. The number of nitrogens with one attached hydrogen (secondary N) is 1. The van der Waals surface area contributed by atoms with Crippen molar-refractivity contribution in [2.75, 3.05) is 18.4 Å². The molecule has 0 bridgehead atoms. The van der Waals surface area contributed by atoms with E-state index in [1.807, 2.05) is 17.9 Å². The number of hydrogen-bond acceptors (Lipinski definition) is 3. The van der Waals surface area contributed by atoms with Crippen molar-refractivity contribution in [1.82, 2.24) is 14.5 Å². The number of aryl methyl sites for hydroxylation is 3. The molecule has 0 spiro atoms. The first-order chi connectivity index (χ1) is 14.9. The summed E-state index contributed by atoms with van der Waals surface area (Å²) in [5.41, 5.74) is 7.61. The Bertz CT molecular complexity index is 1200. The van der Waals surface area contributed by atoms with E-state index in [2.05, 4.69) is 67.6 Å². The second-order valence-electron chi connectivity index (χ2n) is 8.35. The molecular formula is C26H30N4O. The van der Waals surface area contributed by atoms with E-state index >= 15 is 0 Å². The van der Waals surface area contributed by atoms with Gasteiger partial charge in [-0.25, -0.2) is 4.98 Å². The number of rotatable bonds is 5. The molecule has 3 aromatic rings. The van der Waals surface area contributed by atoms with Crippen molar-refractivity contribution in [3.8, 4) is 11.8 Å². The molecule has 31 heavy (non-hydrogen) atoms. The molecule has 1 N–H and O–H groups in total. The maximum absolute atomic E-state index is 13.0. The van der Waals surface area contributed by atoms with Gasteiger partial charge in [-0.15, -0.1) is 5.92 Å². The van der Waals surface area contributed by atoms with E-state index in [9.17, 15) is 4.79 Å². The molecule has 0 saturated carbocycles. The highest BCUT2D eigenvalue weighted by atomic mass is 16.2. The lowest BCUT2D eigenvalue weighted by Gasteiger charge is -2.30. The Hall–Kier alpha value is -3.26. The van der Waals surface area contributed by atoms with E-state index in [-0.39, 0.29) is 5.91 Å². The summed E-state index contributed by atoms with van der Waals surface area (Å²) in [5.74, 6) is 6.95. The standard InChI is InChI=1S/C26H30N4O/c1-6-7-14-30-20(5)19(4)21-15-23(26(31)29-12-9-13-29)28-25(24(21)30)27-16-22-17(2)10-8-11-18(22)3/h8,10-11,15H,9,12-14,16H2,1-5H3,(H,27,28). The third-order valence-corrected chi connectivity index (χ3v) is 6.47. The van der Waals surface area contributed by atoms with Crippen LogP contribution in [0.15, 0.2) is 24.3 Å². The zero-order chi connectivity index (χ0) is 22.1. The summed E-state index contributed by atoms with van der Waals surface area (Å²) < 4.78 is 2.21. The number of likely N-dealkylation sites (tertiary alicyclic amines) is 1. The number of fused-ring (bicyclic) bond motifs is 1. The van der Waals surface area contributed by atoms with Gasteiger partial charge in [0.1, 0.15) is 5.69 Å². The minimum absolute atomic E-state index is 0.0152. The lowest BCUT2D eigenvalue weighted by molar-refractivity contribution is 0.0646. The molecule has 160 valence electrons. The van der Waals surface area contributed by atoms with Crippen LogP contribution in [0, 0.1) is 39.5 Å². The molecule has 1 amide bonds. The van der Waals surface area contributed by atoms with Crippen LogP contribution in [0.4, 0.5) is 5.82 Å². The van der Waals surface area contributed by atoms with Crippen LogP contribution >= 0.6 is 0 Å². The van der Waals surface area contributed by atoms with E-state index in [4.69, 9.17) is 4.98 Å². The number of aromatic nitrogens is 2. The largest absolute Gasteiger partial charge is 0.364 e. The van der Waals surface area contributed by atoms with Crippen LogP contribution in [0.1, 0.15) is 51.8 Å². The van der Waals surface area contributed by atoms with E-state index in [0.29, 0.717) is 18.8 Å². The van der Waals surface area contributed by atoms with Crippen molar-refractivity contribution >= 4 is 22.6 Å². The number of nitrogens with zero attached hydrogens (tertiary/aromatic N) is 3. The maximum atomic E-state index is 13.0. The molecule has 1 fully saturated rings. The quantitative estimate of drug-likeness (QED) is 0.613. The van der Waals surface area contributed by atoms with Gasteiger partial charge >= 0.3 is 0 Å². The zero-order valence-corrected chi connectivity index (χ0v) is 19.1. The first-order valence-corrected chi connectivity index (χ1v) is 10.9. The van der Waals surface area contributed by atoms with Gasteiger partial charge in [0.2, 0.25) is 0 Å². The summed E-state index contributed by atoms with van der Waals surface area (Å²) in [5, 5.41) is 4.63. The van der Waals surface area contributed by atoms with Crippen molar-refractivity contribution in [2.24, 2.45) is 0 Å². The van der Waals surface area contributed by atoms with Gasteiger partial charge in [0.25, 0.3) is 5.91 Å². The normalized spacial score (nSPS) is 13.0. The fraction of sp³-hybridized carbons (Fsp3) is 0.385. The van der Waals surface area contributed by atoms with Crippen LogP contribution in [0.3, 0.4) is 0 Å². The Kier molecular flexibility index (Phi) is 5.73. The third-order valence-electron chi connectivity index (χ3n) is 6.47. The molecule has 0 unspecified atom stereocenters. The average Bonchev–Trinajstić information content (AvgIpc) is 2.95. The Labute approximate surface area is 184 Å². The summed E-state index contributed by atoms with van der Waals surface area (Å²) >= 11 is 0. The van der Waals surface area contributed by atoms with E-state index in [1.165, 1.54) is 22.3 Å². The number of pyridine rings is 1. The first kappa shape index (κ1) is 21.0. The Morgan fingerprint density at radius 1 is 1.16 bits per heavy atom. The molecular weight excluding hydrogens is 384 g/mol. The smallest absolute Gasteiger partial charge is 0.272 e. The van der Waals surface area contributed by atoms with Gasteiger partial charge in [-0.1, -0.05) is 24.1 Å². The SMILES string of the molecule is CC#CCn1c(C)c(C)c2cc(C(=O)N3CCC3)nc(NCc3c(C)cccc3C)c21. The van der Waals surface area contributed by atoms with Crippen molar-refractivity contribution in [2.45, 2.75) is 54.1 Å². The predicted octanol–water partition coefficient (Wildman–Crippen LogP) is 4.75. The monoisotopic (exact) mass is 414 g/mol. The van der Waals surface area contributed by atoms with E-state index < -0.39 is 0 Å². The number of hydrogen-bond donors (Lipinski definition) is 1. The molecule has 0 radical (unpaired) electrons. The molecule has 1 saturated heterocycles. The molecule has 5 heteroatoms. The van der Waals surface area contributed by atoms with Crippen LogP contribution in [0.25, 0.3) is 10.9 Å². The summed E-state index contributed by atoms with van der Waals surface area (Å²) in [7, 11) is 0. The van der Waals surface area contributed by atoms with Gasteiger partial charge in [0.05, 0.1) is 12.1 Å². The molecule has 1 aliphatic rings. The highest BCUT2D eigenvalue weighted by molar-refractivity contribution is 6.01. The minimum atomic E-state index is 0.0152. The number of amides is 1. The van der Waals surface area contributed by atoms with Crippen molar-refractivity contribution in [3.63, 3.8) is 0 Å². The number of carbonyl (C=O) groups excluding carboxylic acids is 1. The molecule has 1 aromatic carbocycles. The molecule has 3 heterocycles. The number of benzene rings is 1. The summed E-state index contributed by atoms with van der Waals surface area (Å²) in [6.45, 7) is 13.2. The second kappa shape index (κ2) is 8.47. The number of anilines is 1. The topological polar surface area (TPSA) is 50.2 Å². The van der Waals surface area contributed by atoms with Gasteiger partial charge < -0.3 is 14.8 Å². The van der Waals surface area contributed by atoms with Crippen molar-refractivity contribution in [1.29, 1.82) is 0 Å². The Morgan fingerprint density at radius 3 is 2.48 bits per heavy atom. The summed E-state index contributed by atoms with van der Waals surface area (Å²) in [4.78, 5) is 19.7. The fourth-order valence-corrected chi connectivity index (χ4v) is 4.23. The van der Waals surface area contributed by atoms with Gasteiger partial charge in [0, 0.05) is 30.7 Å². The van der Waals surface area contributed by atoms with Crippen molar-refractivity contribution < 1.29 is 4.79 Å². The van der Waals surface area contributed by atoms with Crippen molar-refractivity contribution in [3.05, 3.63) is 57.9 Å². The van der Waals surface area contributed by atoms with Crippen LogP contribution in [-0.4, -0.2) is 33.4 Å². The second-order valence-corrected chi connectivity index (χ2v) is 8.35. The van der Waals surface area contributed by atoms with E-state index in [0.717, 1.165) is 41.9 Å². The zero-order valence-electron chi connectivity index (χ0n) is 19.1. The molecule has 4 rings (SSSR count). The predicted molar refractivity (Wildman–Crippen MR) is 126 cm³/mol. The van der Waals surface area contributed by atoms with E-state index in [1.54, 1.807) is 0 Å². The van der Waals surface area contributed by atoms with Crippen LogP contribution in [-0.2, 0) is 13.1 Å². The van der Waals surface area contributed by atoms with Gasteiger partial charge in [0.15, 0.2) is 5.82 Å². The van der Waals surface area contributed by atoms with Gasteiger partial charge in [-0.05, 0) is 69.4 Å². The van der Waals surface area contributed by atoms with Gasteiger partial charge in [-0.2, -0.15) is 0 Å². The summed E-state index contributed by atoms with van der Waals surface area (Å²) in [6.07, 6.45) is 1.07. The molecule has 1 aliphatic heterocycles. The Balaban J connectivity index is 1.83. The van der Waals surface area contributed by atoms with Gasteiger partial charge in [-0.3, -0.25) is 4.79 Å². The number of carbonyl (C=O) groups is 1. The summed E-state index contributed by atoms with van der Waals surface area (Å²) in [6, 6.07) is 8.30. The maximum Gasteiger partial charge on any atom is 0.272 e. The first-order valence-electron chi connectivity index (χ1n) is 10.9. The third kappa shape index (κ3) is 3.79. The molecule has 0 aliphatic carbocycles. The lowest BCUT2D eigenvalue weighted by Crippen LogP contribution is -2.42. The highest BCUT2D eigenvalue weighted by Crippen LogP contribution is 2.32. The average molecular weight is 415 g/mol. The molecule has 5 nitrogen and oxygen atoms in total. The Morgan fingerprint density at radius 2 is 1.87 bits per heavy atom. The highest BCUT2D eigenvalue weighted by Gasteiger charge is 2.25. The fourth-order valence-electron chi connectivity index (χ4n) is 4.23. The van der Waals surface area contributed by atoms with Crippen LogP contribution in [0.2, 0.25) is 0 Å². The lowest BCUT2D eigenvalue weighted by atomic mass is 10.0.